The molecular formula is C26H32F2N4O5. The fourth-order valence-corrected chi connectivity index (χ4v) is 4.15. The average molecular weight is 519 g/mol. The van der Waals surface area contributed by atoms with Gasteiger partial charge in [0.2, 0.25) is 11.8 Å². The van der Waals surface area contributed by atoms with E-state index in [1.807, 2.05) is 32.0 Å². The molecule has 200 valence electrons. The lowest BCUT2D eigenvalue weighted by atomic mass is 9.69. The number of anilines is 1. The number of carbonyl (C=O) groups excluding carboxylic acids is 2. The molecule has 0 saturated carbocycles. The molecule has 1 aliphatic rings. The summed E-state index contributed by atoms with van der Waals surface area (Å²) in [7, 11) is 0. The van der Waals surface area contributed by atoms with Crippen LogP contribution < -0.4 is 15.4 Å². The van der Waals surface area contributed by atoms with Gasteiger partial charge in [0.25, 0.3) is 0 Å². The molecule has 1 saturated heterocycles. The number of benzene rings is 1. The summed E-state index contributed by atoms with van der Waals surface area (Å²) in [5.74, 6) is -1.89. The van der Waals surface area contributed by atoms with Gasteiger partial charge in [-0.3, -0.25) is 9.59 Å². The molecule has 2 aromatic rings. The van der Waals surface area contributed by atoms with E-state index in [1.54, 1.807) is 19.1 Å². The Balaban J connectivity index is 1.91. The third-order valence-electron chi connectivity index (χ3n) is 6.45. The topological polar surface area (TPSA) is 121 Å². The van der Waals surface area contributed by atoms with Crippen molar-refractivity contribution in [1.29, 1.82) is 0 Å². The van der Waals surface area contributed by atoms with Crippen LogP contribution in [0.15, 0.2) is 36.4 Å². The summed E-state index contributed by atoms with van der Waals surface area (Å²) in [6.45, 7) is 5.37. The van der Waals surface area contributed by atoms with Gasteiger partial charge in [0.15, 0.2) is 0 Å². The first-order valence-corrected chi connectivity index (χ1v) is 11.9. The lowest BCUT2D eigenvalue weighted by molar-refractivity contribution is -0.146. The smallest absolute Gasteiger partial charge is 0.388 e. The highest BCUT2D eigenvalue weighted by molar-refractivity contribution is 6.02. The highest BCUT2D eigenvalue weighted by Crippen LogP contribution is 2.40. The number of nitrogens with zero attached hydrogens (tertiary/aromatic N) is 2. The van der Waals surface area contributed by atoms with Crippen LogP contribution in [0.1, 0.15) is 50.4 Å². The molecule has 0 atom stereocenters. The van der Waals surface area contributed by atoms with Gasteiger partial charge in [0.1, 0.15) is 11.1 Å². The van der Waals surface area contributed by atoms with E-state index in [1.165, 1.54) is 24.8 Å². The largest absolute Gasteiger partial charge is 0.481 e. The van der Waals surface area contributed by atoms with Crippen LogP contribution in [0.4, 0.5) is 19.3 Å². The van der Waals surface area contributed by atoms with Gasteiger partial charge in [-0.2, -0.15) is 8.78 Å². The molecule has 3 N–H and O–H groups in total. The molecule has 0 radical (unpaired) electrons. The predicted octanol–water partition coefficient (Wildman–Crippen LogP) is 4.13. The zero-order valence-corrected chi connectivity index (χ0v) is 21.5. The maximum atomic E-state index is 13.8. The summed E-state index contributed by atoms with van der Waals surface area (Å²) in [6.07, 6.45) is 0. The molecule has 0 unspecified atom stereocenters. The number of carboxylic acid groups (broad SMARTS) is 1. The first-order chi connectivity index (χ1) is 17.3. The number of amides is 3. The van der Waals surface area contributed by atoms with E-state index >= 15 is 0 Å². The van der Waals surface area contributed by atoms with Crippen LogP contribution in [0.25, 0.3) is 0 Å². The number of halogens is 2. The lowest BCUT2D eigenvalue weighted by Crippen LogP contribution is -2.68. The number of aliphatic carboxylic acids is 1. The maximum absolute atomic E-state index is 13.8. The first kappa shape index (κ1) is 27.8. The Labute approximate surface area is 214 Å². The minimum Gasteiger partial charge on any atom is -0.481 e. The number of urea groups is 1. The number of aromatic nitrogens is 1. The van der Waals surface area contributed by atoms with E-state index in [2.05, 4.69) is 20.4 Å². The van der Waals surface area contributed by atoms with E-state index in [4.69, 9.17) is 0 Å². The lowest BCUT2D eigenvalue weighted by Gasteiger charge is -2.49. The highest BCUT2D eigenvalue weighted by Gasteiger charge is 2.53. The summed E-state index contributed by atoms with van der Waals surface area (Å²) in [5.41, 5.74) is -0.288. The molecule has 1 aromatic carbocycles. The molecule has 0 aliphatic carbocycles. The van der Waals surface area contributed by atoms with Crippen molar-refractivity contribution < 1.29 is 33.0 Å². The standard InChI is InChI=1S/C26H32F2N4O5/c1-15(2)17-8-6-7-9-18(17)26(13-32(14-26)24(36)29-12-25(4,5)22(34)35)21(33)31-19-11-10-16(3)30-20(19)37-23(27)28/h6-11,15,23H,12-14H2,1-5H3,(H,29,36)(H,31,33)(H,34,35). The Morgan fingerprint density at radius 3 is 2.41 bits per heavy atom. The highest BCUT2D eigenvalue weighted by atomic mass is 19.3. The molecule has 37 heavy (non-hydrogen) atoms. The van der Waals surface area contributed by atoms with Gasteiger partial charge in [-0.25, -0.2) is 9.78 Å². The molecule has 0 spiro atoms. The zero-order chi connectivity index (χ0) is 27.5. The molecule has 3 rings (SSSR count). The van der Waals surface area contributed by atoms with Crippen molar-refractivity contribution in [2.24, 2.45) is 5.41 Å². The van der Waals surface area contributed by atoms with Crippen LogP contribution >= 0.6 is 0 Å². The van der Waals surface area contributed by atoms with Crippen LogP contribution in [0.3, 0.4) is 0 Å². The summed E-state index contributed by atoms with van der Waals surface area (Å²) >= 11 is 0. The van der Waals surface area contributed by atoms with Crippen molar-refractivity contribution in [3.63, 3.8) is 0 Å². The molecular weight excluding hydrogens is 486 g/mol. The number of nitrogens with one attached hydrogen (secondary N) is 2. The number of alkyl halides is 2. The second-order valence-corrected chi connectivity index (χ2v) is 10.2. The van der Waals surface area contributed by atoms with Crippen LogP contribution in [-0.2, 0) is 15.0 Å². The molecule has 9 nitrogen and oxygen atoms in total. The summed E-state index contributed by atoms with van der Waals surface area (Å²) < 4.78 is 30.5. The average Bonchev–Trinajstić information content (AvgIpc) is 2.78. The second kappa shape index (κ2) is 10.7. The summed E-state index contributed by atoms with van der Waals surface area (Å²) in [5, 5.41) is 14.6. The molecule has 1 aromatic heterocycles. The number of carboxylic acids is 1. The number of rotatable bonds is 9. The maximum Gasteiger partial charge on any atom is 0.388 e. The van der Waals surface area contributed by atoms with E-state index in [-0.39, 0.29) is 31.2 Å². The Morgan fingerprint density at radius 2 is 1.81 bits per heavy atom. The van der Waals surface area contributed by atoms with E-state index < -0.39 is 41.2 Å². The van der Waals surface area contributed by atoms with Gasteiger partial charge < -0.3 is 25.4 Å². The van der Waals surface area contributed by atoms with E-state index in [9.17, 15) is 28.3 Å². The van der Waals surface area contributed by atoms with Gasteiger partial charge in [0, 0.05) is 25.3 Å². The Kier molecular flexibility index (Phi) is 8.04. The number of hydrogen-bond acceptors (Lipinski definition) is 5. The minimum absolute atomic E-state index is 0.00618. The SMILES string of the molecule is Cc1ccc(NC(=O)C2(c3ccccc3C(C)C)CN(C(=O)NCC(C)(C)C(=O)O)C2)c(OC(F)F)n1. The Morgan fingerprint density at radius 1 is 1.16 bits per heavy atom. The molecule has 2 heterocycles. The van der Waals surface area contributed by atoms with Crippen LogP contribution in [0.2, 0.25) is 0 Å². The van der Waals surface area contributed by atoms with Crippen molar-refractivity contribution in [3.05, 3.63) is 53.2 Å². The quantitative estimate of drug-likeness (QED) is 0.459. The molecule has 0 bridgehead atoms. The Bertz CT molecular complexity index is 1180. The molecule has 1 aliphatic heterocycles. The normalized spacial score (nSPS) is 14.8. The van der Waals surface area contributed by atoms with Crippen LogP contribution in [0, 0.1) is 12.3 Å². The van der Waals surface area contributed by atoms with Gasteiger partial charge in [0.05, 0.1) is 5.41 Å². The minimum atomic E-state index is -3.13. The third kappa shape index (κ3) is 5.98. The number of aryl methyl sites for hydroxylation is 1. The molecule has 1 fully saturated rings. The fraction of sp³-hybridized carbons (Fsp3) is 0.462. The monoisotopic (exact) mass is 518 g/mol. The van der Waals surface area contributed by atoms with Crippen molar-refractivity contribution in [3.8, 4) is 5.88 Å². The van der Waals surface area contributed by atoms with Crippen LogP contribution in [-0.4, -0.2) is 59.1 Å². The predicted molar refractivity (Wildman–Crippen MR) is 133 cm³/mol. The second-order valence-electron chi connectivity index (χ2n) is 10.2. The molecule has 11 heteroatoms. The van der Waals surface area contributed by atoms with E-state index in [0.717, 1.165) is 5.56 Å². The van der Waals surface area contributed by atoms with Crippen molar-refractivity contribution in [2.75, 3.05) is 25.0 Å². The van der Waals surface area contributed by atoms with Gasteiger partial charge in [-0.1, -0.05) is 38.1 Å². The Hall–Kier alpha value is -3.76. The van der Waals surface area contributed by atoms with Gasteiger partial charge in [-0.05, 0) is 49.9 Å². The van der Waals surface area contributed by atoms with Gasteiger partial charge >= 0.3 is 18.6 Å². The molecule has 3 amide bonds. The third-order valence-corrected chi connectivity index (χ3v) is 6.45. The van der Waals surface area contributed by atoms with Gasteiger partial charge in [-0.15, -0.1) is 0 Å². The van der Waals surface area contributed by atoms with Crippen LogP contribution in [0.5, 0.6) is 5.88 Å². The fourth-order valence-electron chi connectivity index (χ4n) is 4.15. The van der Waals surface area contributed by atoms with Crippen molar-refractivity contribution >= 4 is 23.6 Å². The first-order valence-electron chi connectivity index (χ1n) is 11.9. The number of hydrogen-bond donors (Lipinski definition) is 3. The van der Waals surface area contributed by atoms with E-state index in [0.29, 0.717) is 11.3 Å². The summed E-state index contributed by atoms with van der Waals surface area (Å²) in [6, 6.07) is 9.89. The number of pyridine rings is 1. The summed E-state index contributed by atoms with van der Waals surface area (Å²) in [4.78, 5) is 43.3. The number of likely N-dealkylation sites (tertiary alicyclic amines) is 1. The number of ether oxygens (including phenoxy) is 1. The van der Waals surface area contributed by atoms with Crippen molar-refractivity contribution in [1.82, 2.24) is 15.2 Å². The zero-order valence-electron chi connectivity index (χ0n) is 21.5. The van der Waals surface area contributed by atoms with Crippen molar-refractivity contribution in [2.45, 2.75) is 52.6 Å². The number of carbonyl (C=O) groups is 3.